The van der Waals surface area contributed by atoms with Crippen molar-refractivity contribution >= 4 is 46.0 Å². The summed E-state index contributed by atoms with van der Waals surface area (Å²) in [5, 5.41) is 14.9. The van der Waals surface area contributed by atoms with Crippen LogP contribution in [0.1, 0.15) is 54.4 Å². The maximum atomic E-state index is 13.7. The Kier molecular flexibility index (Phi) is 6.28. The Bertz CT molecular complexity index is 1360. The zero-order valence-electron chi connectivity index (χ0n) is 20.3. The van der Waals surface area contributed by atoms with Crippen LogP contribution in [0.4, 0.5) is 0 Å². The van der Waals surface area contributed by atoms with Crippen LogP contribution in [-0.4, -0.2) is 28.0 Å². The molecule has 37 heavy (non-hydrogen) atoms. The van der Waals surface area contributed by atoms with E-state index in [9.17, 15) is 14.7 Å². The summed E-state index contributed by atoms with van der Waals surface area (Å²) >= 11 is 12.2. The highest BCUT2D eigenvalue weighted by atomic mass is 35.5. The summed E-state index contributed by atoms with van der Waals surface area (Å²) < 4.78 is 6.17. The molecule has 6 nitrogen and oxygen atoms in total. The van der Waals surface area contributed by atoms with E-state index in [1.54, 1.807) is 30.5 Å². The van der Waals surface area contributed by atoms with Crippen molar-refractivity contribution < 1.29 is 19.4 Å². The summed E-state index contributed by atoms with van der Waals surface area (Å²) in [6, 6.07) is 11.5. The van der Waals surface area contributed by atoms with Gasteiger partial charge in [-0.25, -0.2) is 4.79 Å². The fourth-order valence-corrected chi connectivity index (χ4v) is 7.77. The second-order valence-corrected chi connectivity index (χ2v) is 11.9. The third kappa shape index (κ3) is 4.55. The molecular weight excluding hydrogens is 511 g/mol. The first-order valence-electron chi connectivity index (χ1n) is 12.8. The zero-order chi connectivity index (χ0) is 25.7. The maximum Gasteiger partial charge on any atom is 0.326 e. The number of pyridine rings is 1. The number of halogens is 2. The van der Waals surface area contributed by atoms with Gasteiger partial charge in [0.2, 0.25) is 0 Å². The molecule has 0 spiro atoms. The van der Waals surface area contributed by atoms with Crippen LogP contribution in [0, 0.1) is 23.2 Å². The summed E-state index contributed by atoms with van der Waals surface area (Å²) in [4.78, 5) is 30.7. The molecule has 7 rings (SSSR count). The third-order valence-electron chi connectivity index (χ3n) is 8.56. The molecule has 1 unspecified atom stereocenters. The molecular formula is C29H28Cl2N2O4. The molecule has 4 bridgehead atoms. The summed E-state index contributed by atoms with van der Waals surface area (Å²) in [6.45, 7) is 0.143. The topological polar surface area (TPSA) is 88.5 Å². The molecule has 3 aromatic rings. The van der Waals surface area contributed by atoms with Gasteiger partial charge in [0.25, 0.3) is 5.91 Å². The van der Waals surface area contributed by atoms with E-state index < -0.39 is 17.9 Å². The lowest BCUT2D eigenvalue weighted by Crippen LogP contribution is -2.59. The Morgan fingerprint density at radius 1 is 1.03 bits per heavy atom. The van der Waals surface area contributed by atoms with Gasteiger partial charge >= 0.3 is 5.97 Å². The number of hydrogen-bond donors (Lipinski definition) is 2. The number of hydrogen-bond acceptors (Lipinski definition) is 4. The number of fused-ring (bicyclic) bond motifs is 1. The highest BCUT2D eigenvalue weighted by Gasteiger charge is 2.56. The molecule has 0 saturated heterocycles. The molecule has 2 N–H and O–H groups in total. The van der Waals surface area contributed by atoms with Crippen molar-refractivity contribution in [2.45, 2.75) is 51.2 Å². The van der Waals surface area contributed by atoms with E-state index >= 15 is 0 Å². The predicted molar refractivity (Wildman–Crippen MR) is 142 cm³/mol. The molecule has 1 heterocycles. The predicted octanol–water partition coefficient (Wildman–Crippen LogP) is 6.52. The molecule has 4 aliphatic carbocycles. The van der Waals surface area contributed by atoms with Gasteiger partial charge in [-0.15, -0.1) is 0 Å². The van der Waals surface area contributed by atoms with Crippen LogP contribution < -0.4 is 10.1 Å². The Hall–Kier alpha value is -2.83. The number of rotatable bonds is 7. The molecule has 8 heteroatoms. The molecule has 1 atom stereocenters. The SMILES string of the molecule is O=C(NC(C(=O)O)C12CC3CC(CC(C3)C1)C2)c1ccc2cccnc2c1OCc1ccc(Cl)c(Cl)c1. The maximum absolute atomic E-state index is 13.7. The van der Waals surface area contributed by atoms with E-state index in [2.05, 4.69) is 10.3 Å². The van der Waals surface area contributed by atoms with Crippen LogP contribution in [0.15, 0.2) is 48.7 Å². The minimum atomic E-state index is -0.965. The number of carbonyl (C=O) groups excluding carboxylic acids is 1. The zero-order valence-corrected chi connectivity index (χ0v) is 21.8. The largest absolute Gasteiger partial charge is 0.486 e. The number of benzene rings is 2. The molecule has 192 valence electrons. The van der Waals surface area contributed by atoms with Gasteiger partial charge in [-0.3, -0.25) is 9.78 Å². The number of carboxylic acids is 1. The van der Waals surface area contributed by atoms with Gasteiger partial charge < -0.3 is 15.2 Å². The second kappa shape index (κ2) is 9.48. The van der Waals surface area contributed by atoms with Crippen LogP contribution >= 0.6 is 23.2 Å². The van der Waals surface area contributed by atoms with E-state index in [1.807, 2.05) is 18.2 Å². The van der Waals surface area contributed by atoms with Crippen LogP contribution in [0.5, 0.6) is 5.75 Å². The number of ether oxygens (including phenoxy) is 1. The molecule has 2 aromatic carbocycles. The van der Waals surface area contributed by atoms with Crippen molar-refractivity contribution in [1.29, 1.82) is 0 Å². The number of amides is 1. The standard InChI is InChI=1S/C29H28Cl2N2O4/c30-22-6-3-16(11-23(22)31)15-37-25-21(5-4-20-2-1-7-32-24(20)25)27(34)33-26(28(35)36)29-12-17-8-18(13-29)10-19(9-17)14-29/h1-7,11,17-19,26H,8-10,12-15H2,(H,33,34)(H,35,36). The number of nitrogens with zero attached hydrogens (tertiary/aromatic N) is 1. The number of aliphatic carboxylic acids is 1. The van der Waals surface area contributed by atoms with Gasteiger partial charge in [-0.2, -0.15) is 0 Å². The van der Waals surface area contributed by atoms with Gasteiger partial charge in [-0.1, -0.05) is 41.4 Å². The van der Waals surface area contributed by atoms with Crippen molar-refractivity contribution in [3.63, 3.8) is 0 Å². The lowest BCUT2D eigenvalue weighted by atomic mass is 9.47. The van der Waals surface area contributed by atoms with Gasteiger partial charge in [0.15, 0.2) is 5.75 Å². The van der Waals surface area contributed by atoms with E-state index in [0.29, 0.717) is 39.1 Å². The van der Waals surface area contributed by atoms with E-state index in [4.69, 9.17) is 27.9 Å². The highest BCUT2D eigenvalue weighted by molar-refractivity contribution is 6.42. The van der Waals surface area contributed by atoms with Crippen molar-refractivity contribution in [1.82, 2.24) is 10.3 Å². The Labute approximate surface area is 225 Å². The van der Waals surface area contributed by atoms with Gasteiger partial charge in [-0.05, 0) is 86.1 Å². The smallest absolute Gasteiger partial charge is 0.326 e. The number of carbonyl (C=O) groups is 2. The summed E-state index contributed by atoms with van der Waals surface area (Å²) in [5.74, 6) is 0.601. The normalized spacial score (nSPS) is 26.7. The van der Waals surface area contributed by atoms with Gasteiger partial charge in [0, 0.05) is 17.0 Å². The minimum Gasteiger partial charge on any atom is -0.486 e. The number of nitrogens with one attached hydrogen (secondary N) is 1. The number of aromatic nitrogens is 1. The van der Waals surface area contributed by atoms with Crippen molar-refractivity contribution in [3.8, 4) is 5.75 Å². The first-order valence-corrected chi connectivity index (χ1v) is 13.5. The highest BCUT2D eigenvalue weighted by Crippen LogP contribution is 2.61. The first kappa shape index (κ1) is 24.5. The molecule has 0 radical (unpaired) electrons. The van der Waals surface area contributed by atoms with Gasteiger partial charge in [0.05, 0.1) is 15.6 Å². The summed E-state index contributed by atoms with van der Waals surface area (Å²) in [6.07, 6.45) is 7.85. The van der Waals surface area contributed by atoms with Crippen LogP contribution in [0.25, 0.3) is 10.9 Å². The van der Waals surface area contributed by atoms with Gasteiger partial charge in [0.1, 0.15) is 18.2 Å². The Morgan fingerprint density at radius 3 is 2.38 bits per heavy atom. The molecule has 0 aliphatic heterocycles. The average molecular weight is 539 g/mol. The molecule has 1 aromatic heterocycles. The van der Waals surface area contributed by atoms with Crippen LogP contribution in [-0.2, 0) is 11.4 Å². The van der Waals surface area contributed by atoms with Crippen LogP contribution in [0.2, 0.25) is 10.0 Å². The number of carboxylic acid groups (broad SMARTS) is 1. The second-order valence-electron chi connectivity index (χ2n) is 11.1. The van der Waals surface area contributed by atoms with Crippen molar-refractivity contribution in [2.24, 2.45) is 23.2 Å². The van der Waals surface area contributed by atoms with E-state index in [0.717, 1.165) is 30.2 Å². The molecule has 4 aliphatic rings. The fraction of sp³-hybridized carbons (Fsp3) is 0.414. The fourth-order valence-electron chi connectivity index (χ4n) is 7.44. The molecule has 4 fully saturated rings. The monoisotopic (exact) mass is 538 g/mol. The van der Waals surface area contributed by atoms with Crippen molar-refractivity contribution in [2.75, 3.05) is 0 Å². The Morgan fingerprint density at radius 2 is 1.73 bits per heavy atom. The third-order valence-corrected chi connectivity index (χ3v) is 9.30. The lowest BCUT2D eigenvalue weighted by molar-refractivity contribution is -0.150. The first-order chi connectivity index (χ1) is 17.8. The molecule has 1 amide bonds. The summed E-state index contributed by atoms with van der Waals surface area (Å²) in [5.41, 5.74) is 1.21. The molecule has 4 saturated carbocycles. The minimum absolute atomic E-state index is 0.143. The quantitative estimate of drug-likeness (QED) is 0.357. The Balaban J connectivity index is 1.31. The lowest BCUT2D eigenvalue weighted by Gasteiger charge is -2.58. The average Bonchev–Trinajstić information content (AvgIpc) is 2.86. The van der Waals surface area contributed by atoms with E-state index in [-0.39, 0.29) is 17.6 Å². The summed E-state index contributed by atoms with van der Waals surface area (Å²) in [7, 11) is 0. The van der Waals surface area contributed by atoms with E-state index in [1.165, 1.54) is 19.3 Å². The van der Waals surface area contributed by atoms with Crippen LogP contribution in [0.3, 0.4) is 0 Å². The van der Waals surface area contributed by atoms with Crippen molar-refractivity contribution in [3.05, 3.63) is 69.8 Å².